The van der Waals surface area contributed by atoms with E-state index in [0.29, 0.717) is 5.56 Å². The molecule has 1 aromatic carbocycles. The minimum atomic E-state index is 0. The van der Waals surface area contributed by atoms with Crippen LogP contribution in [0.4, 0.5) is 0 Å². The Labute approximate surface area is 144 Å². The summed E-state index contributed by atoms with van der Waals surface area (Å²) < 4.78 is 0. The number of halogens is 1. The average Bonchev–Trinajstić information content (AvgIpc) is 2.52. The summed E-state index contributed by atoms with van der Waals surface area (Å²) in [5.41, 5.74) is 2.60. The topological polar surface area (TPSA) is 47.0 Å². The molecule has 21 heavy (non-hydrogen) atoms. The molecule has 2 aromatic rings. The first-order valence-corrected chi connectivity index (χ1v) is 6.08. The van der Waals surface area contributed by atoms with Crippen molar-refractivity contribution in [3.05, 3.63) is 54.2 Å². The first-order valence-electron chi connectivity index (χ1n) is 6.08. The summed E-state index contributed by atoms with van der Waals surface area (Å²) in [6.45, 7) is 7.54. The maximum atomic E-state index is 11.1. The van der Waals surface area contributed by atoms with Gasteiger partial charge in [0.1, 0.15) is 6.79 Å². The molecule has 2 rings (SSSR count). The van der Waals surface area contributed by atoms with Gasteiger partial charge in [-0.15, -0.1) is 12.4 Å². The Hall–Kier alpha value is -1.42. The fourth-order valence-electron chi connectivity index (χ4n) is 1.38. The van der Waals surface area contributed by atoms with Gasteiger partial charge in [-0.1, -0.05) is 44.2 Å². The minimum Gasteiger partial charge on any atom is -0.307 e. The Morgan fingerprint density at radius 2 is 1.52 bits per heavy atom. The monoisotopic (exact) mass is 344 g/mol. The van der Waals surface area contributed by atoms with Crippen LogP contribution >= 0.6 is 12.4 Å². The van der Waals surface area contributed by atoms with Crippen LogP contribution in [0.3, 0.4) is 0 Å². The predicted molar refractivity (Wildman–Crippen MR) is 85.4 cm³/mol. The molecule has 3 nitrogen and oxygen atoms in total. The van der Waals surface area contributed by atoms with Gasteiger partial charge in [0.15, 0.2) is 5.78 Å². The van der Waals surface area contributed by atoms with Crippen molar-refractivity contribution in [1.82, 2.24) is 4.98 Å². The van der Waals surface area contributed by atoms with Gasteiger partial charge in [-0.3, -0.25) is 9.78 Å². The van der Waals surface area contributed by atoms with E-state index in [4.69, 9.17) is 4.79 Å². The second-order valence-electron chi connectivity index (χ2n) is 3.35. The molecule has 0 N–H and O–H groups in total. The van der Waals surface area contributed by atoms with Gasteiger partial charge in [0.2, 0.25) is 0 Å². The normalized spacial score (nSPS) is 7.57. The maximum absolute atomic E-state index is 11.1. The van der Waals surface area contributed by atoms with Crippen LogP contribution in [-0.2, 0) is 23.4 Å². The van der Waals surface area contributed by atoms with E-state index in [9.17, 15) is 4.79 Å². The molecule has 0 amide bonds. The average molecular weight is 345 g/mol. The van der Waals surface area contributed by atoms with Crippen LogP contribution in [0.25, 0.3) is 11.3 Å². The van der Waals surface area contributed by atoms with Crippen LogP contribution in [-0.4, -0.2) is 17.6 Å². The molecule has 0 atom stereocenters. The fraction of sp³-hybridized carbons (Fsp3) is 0.188. The third kappa shape index (κ3) is 8.46. The zero-order chi connectivity index (χ0) is 14.7. The number of ketones is 1. The molecule has 0 aliphatic carbocycles. The summed E-state index contributed by atoms with van der Waals surface area (Å²) in [6.07, 6.45) is 1.62. The molecular weight excluding hydrogens is 325 g/mol. The van der Waals surface area contributed by atoms with Crippen molar-refractivity contribution in [1.29, 1.82) is 0 Å². The molecule has 0 fully saturated rings. The summed E-state index contributed by atoms with van der Waals surface area (Å²) >= 11 is 0. The zero-order valence-electron chi connectivity index (χ0n) is 12.4. The third-order valence-electron chi connectivity index (χ3n) is 2.24. The summed E-state index contributed by atoms with van der Waals surface area (Å²) in [6, 6.07) is 13.6. The largest absolute Gasteiger partial charge is 0.307 e. The van der Waals surface area contributed by atoms with Gasteiger partial charge in [0, 0.05) is 35.9 Å². The van der Waals surface area contributed by atoms with Crippen molar-refractivity contribution in [3.8, 4) is 11.3 Å². The van der Waals surface area contributed by atoms with Crippen LogP contribution in [0.5, 0.6) is 0 Å². The van der Waals surface area contributed by atoms with Gasteiger partial charge in [0.25, 0.3) is 0 Å². The van der Waals surface area contributed by atoms with Crippen molar-refractivity contribution >= 4 is 25.0 Å². The van der Waals surface area contributed by atoms with E-state index in [-0.39, 0.29) is 36.7 Å². The smallest absolute Gasteiger partial charge is 0.161 e. The van der Waals surface area contributed by atoms with Crippen LogP contribution in [0.15, 0.2) is 48.7 Å². The number of Topliss-reactive ketones (excluding diaryl/α,β-unsaturated/α-hetero) is 1. The Balaban J connectivity index is -0.000000499. The van der Waals surface area contributed by atoms with E-state index in [0.717, 1.165) is 11.3 Å². The Morgan fingerprint density at radius 1 is 1.00 bits per heavy atom. The number of aromatic nitrogens is 1. The van der Waals surface area contributed by atoms with E-state index in [2.05, 4.69) is 4.98 Å². The van der Waals surface area contributed by atoms with Gasteiger partial charge < -0.3 is 4.79 Å². The van der Waals surface area contributed by atoms with E-state index < -0.39 is 0 Å². The SMILES string of the molecule is C=O.CC.CC(=O)c1ccc(-c2ccccc2)nc1.Cl.[V]. The molecule has 0 unspecified atom stereocenters. The predicted octanol–water partition coefficient (Wildman–Crippen LogP) is 4.21. The van der Waals surface area contributed by atoms with Crippen LogP contribution < -0.4 is 0 Å². The Morgan fingerprint density at radius 3 is 1.90 bits per heavy atom. The first-order chi connectivity index (χ1) is 9.27. The van der Waals surface area contributed by atoms with Crippen molar-refractivity contribution in [3.63, 3.8) is 0 Å². The minimum absolute atomic E-state index is 0. The number of carbonyl (C=O) groups excluding carboxylic acids is 2. The molecule has 113 valence electrons. The third-order valence-corrected chi connectivity index (χ3v) is 2.24. The summed E-state index contributed by atoms with van der Waals surface area (Å²) in [4.78, 5) is 23.3. The molecule has 0 aliphatic rings. The van der Waals surface area contributed by atoms with Crippen molar-refractivity contribution in [2.24, 2.45) is 0 Å². The number of nitrogens with zero attached hydrogens (tertiary/aromatic N) is 1. The van der Waals surface area contributed by atoms with Crippen LogP contribution in [0.2, 0.25) is 0 Å². The van der Waals surface area contributed by atoms with E-state index in [1.54, 1.807) is 19.2 Å². The molecule has 0 aliphatic heterocycles. The van der Waals surface area contributed by atoms with E-state index in [1.807, 2.05) is 57.0 Å². The number of hydrogen-bond donors (Lipinski definition) is 0. The quantitative estimate of drug-likeness (QED) is 0.767. The van der Waals surface area contributed by atoms with E-state index in [1.165, 1.54) is 0 Å². The number of pyridine rings is 1. The Bertz CT molecular complexity index is 489. The number of rotatable bonds is 2. The van der Waals surface area contributed by atoms with Gasteiger partial charge in [-0.25, -0.2) is 0 Å². The summed E-state index contributed by atoms with van der Waals surface area (Å²) in [5, 5.41) is 0. The molecule has 1 aromatic heterocycles. The second kappa shape index (κ2) is 15.0. The fourth-order valence-corrected chi connectivity index (χ4v) is 1.38. The van der Waals surface area contributed by atoms with Gasteiger partial charge in [-0.05, 0) is 19.1 Å². The van der Waals surface area contributed by atoms with E-state index >= 15 is 0 Å². The molecule has 0 saturated carbocycles. The van der Waals surface area contributed by atoms with Crippen molar-refractivity contribution < 1.29 is 28.1 Å². The second-order valence-corrected chi connectivity index (χ2v) is 3.35. The van der Waals surface area contributed by atoms with Gasteiger partial charge in [0.05, 0.1) is 5.69 Å². The van der Waals surface area contributed by atoms with Crippen molar-refractivity contribution in [2.75, 3.05) is 0 Å². The zero-order valence-corrected chi connectivity index (χ0v) is 14.7. The van der Waals surface area contributed by atoms with Crippen LogP contribution in [0, 0.1) is 0 Å². The molecular formula is C16H20ClNO2V. The summed E-state index contributed by atoms with van der Waals surface area (Å²) in [7, 11) is 0. The van der Waals surface area contributed by atoms with Crippen molar-refractivity contribution in [2.45, 2.75) is 20.8 Å². The standard InChI is InChI=1S/C13H11NO.C2H6.CH2O.ClH.V/c1-10(15)12-7-8-13(14-9-12)11-5-3-2-4-6-11;2*1-2;;/h2-9H,1H3;1-2H3;1H2;1H;. The Kier molecular flexibility index (Phi) is 17.5. The molecule has 0 spiro atoms. The molecule has 0 bridgehead atoms. The molecule has 1 heterocycles. The molecule has 1 radical (unpaired) electrons. The van der Waals surface area contributed by atoms with Gasteiger partial charge in [-0.2, -0.15) is 0 Å². The first kappa shape index (κ1) is 24.6. The van der Waals surface area contributed by atoms with Gasteiger partial charge >= 0.3 is 0 Å². The number of hydrogen-bond acceptors (Lipinski definition) is 3. The number of benzene rings is 1. The number of carbonyl (C=O) groups is 2. The molecule has 0 saturated heterocycles. The van der Waals surface area contributed by atoms with Crippen LogP contribution in [0.1, 0.15) is 31.1 Å². The summed E-state index contributed by atoms with van der Waals surface area (Å²) in [5.74, 6) is 0.0436. The maximum Gasteiger partial charge on any atom is 0.161 e. The molecule has 5 heteroatoms.